The van der Waals surface area contributed by atoms with E-state index in [0.29, 0.717) is 25.1 Å². The molecule has 0 radical (unpaired) electrons. The van der Waals surface area contributed by atoms with Gasteiger partial charge in [0.1, 0.15) is 5.82 Å². The monoisotopic (exact) mass is 339 g/mol. The number of rotatable bonds is 3. The standard InChI is InChI=1S/C20H22FN3O/c21-18-10-15(14-4-2-1-3-5-14)6-7-16(18)12-23-8-9-24-17(13-23)11-19(22)20(24)25/h1-7,10,17,19H,8-9,11-13,22H2. The molecular formula is C20H22FN3O. The van der Waals surface area contributed by atoms with Crippen LogP contribution in [0.1, 0.15) is 12.0 Å². The molecule has 2 aliphatic heterocycles. The molecule has 2 heterocycles. The molecular weight excluding hydrogens is 317 g/mol. The number of carbonyl (C=O) groups is 1. The van der Waals surface area contributed by atoms with Gasteiger partial charge in [-0.05, 0) is 23.6 Å². The zero-order valence-electron chi connectivity index (χ0n) is 14.1. The first-order valence-electron chi connectivity index (χ1n) is 8.74. The molecule has 25 heavy (non-hydrogen) atoms. The molecule has 2 aliphatic rings. The Morgan fingerprint density at radius 1 is 1.08 bits per heavy atom. The molecule has 2 N–H and O–H groups in total. The number of hydrogen-bond donors (Lipinski definition) is 1. The average Bonchev–Trinajstić information content (AvgIpc) is 2.91. The second kappa shape index (κ2) is 6.58. The van der Waals surface area contributed by atoms with Gasteiger partial charge in [-0.3, -0.25) is 9.69 Å². The number of amides is 1. The van der Waals surface area contributed by atoms with E-state index in [4.69, 9.17) is 5.73 Å². The molecule has 0 spiro atoms. The van der Waals surface area contributed by atoms with Crippen molar-refractivity contribution in [3.05, 3.63) is 59.9 Å². The maximum absolute atomic E-state index is 14.6. The lowest BCUT2D eigenvalue weighted by atomic mass is 10.0. The van der Waals surface area contributed by atoms with E-state index in [0.717, 1.165) is 24.2 Å². The molecule has 130 valence electrons. The van der Waals surface area contributed by atoms with Crippen LogP contribution in [0.15, 0.2) is 48.5 Å². The lowest BCUT2D eigenvalue weighted by molar-refractivity contribution is -0.131. The summed E-state index contributed by atoms with van der Waals surface area (Å²) in [7, 11) is 0. The van der Waals surface area contributed by atoms with Crippen LogP contribution in [-0.4, -0.2) is 47.4 Å². The normalized spacial score (nSPS) is 23.8. The summed E-state index contributed by atoms with van der Waals surface area (Å²) in [5.41, 5.74) is 8.46. The first kappa shape index (κ1) is 16.2. The molecule has 4 nitrogen and oxygen atoms in total. The third kappa shape index (κ3) is 3.17. The van der Waals surface area contributed by atoms with Gasteiger partial charge in [0, 0.05) is 37.8 Å². The number of hydrogen-bond acceptors (Lipinski definition) is 3. The van der Waals surface area contributed by atoms with Crippen molar-refractivity contribution in [2.75, 3.05) is 19.6 Å². The Morgan fingerprint density at radius 2 is 1.88 bits per heavy atom. The van der Waals surface area contributed by atoms with E-state index in [1.807, 2.05) is 47.4 Å². The third-order valence-corrected chi connectivity index (χ3v) is 5.25. The highest BCUT2D eigenvalue weighted by atomic mass is 19.1. The SMILES string of the molecule is NC1CC2CN(Cc3ccc(-c4ccccc4)cc3F)CCN2C1=O. The molecule has 0 bridgehead atoms. The van der Waals surface area contributed by atoms with E-state index in [1.165, 1.54) is 0 Å². The van der Waals surface area contributed by atoms with Crippen LogP contribution < -0.4 is 5.73 Å². The maximum Gasteiger partial charge on any atom is 0.239 e. The summed E-state index contributed by atoms with van der Waals surface area (Å²) < 4.78 is 14.6. The van der Waals surface area contributed by atoms with Crippen molar-refractivity contribution in [2.24, 2.45) is 5.73 Å². The Labute approximate surface area is 147 Å². The highest BCUT2D eigenvalue weighted by Gasteiger charge is 2.40. The van der Waals surface area contributed by atoms with E-state index in [2.05, 4.69) is 4.90 Å². The minimum absolute atomic E-state index is 0.0584. The van der Waals surface area contributed by atoms with Crippen molar-refractivity contribution in [3.8, 4) is 11.1 Å². The van der Waals surface area contributed by atoms with Crippen LogP contribution in [0.2, 0.25) is 0 Å². The number of fused-ring (bicyclic) bond motifs is 1. The van der Waals surface area contributed by atoms with Gasteiger partial charge in [0.15, 0.2) is 0 Å². The first-order valence-corrected chi connectivity index (χ1v) is 8.74. The second-order valence-electron chi connectivity index (χ2n) is 6.93. The first-order chi connectivity index (χ1) is 12.1. The smallest absolute Gasteiger partial charge is 0.239 e. The predicted octanol–water partition coefficient (Wildman–Crippen LogP) is 2.24. The highest BCUT2D eigenvalue weighted by Crippen LogP contribution is 2.25. The fourth-order valence-electron chi connectivity index (χ4n) is 3.89. The van der Waals surface area contributed by atoms with Gasteiger partial charge in [-0.2, -0.15) is 0 Å². The third-order valence-electron chi connectivity index (χ3n) is 5.25. The highest BCUT2D eigenvalue weighted by molar-refractivity contribution is 5.84. The van der Waals surface area contributed by atoms with Crippen LogP contribution in [-0.2, 0) is 11.3 Å². The van der Waals surface area contributed by atoms with Gasteiger partial charge in [-0.1, -0.05) is 42.5 Å². The van der Waals surface area contributed by atoms with E-state index in [1.54, 1.807) is 6.07 Å². The van der Waals surface area contributed by atoms with E-state index >= 15 is 0 Å². The topological polar surface area (TPSA) is 49.6 Å². The number of halogens is 1. The summed E-state index contributed by atoms with van der Waals surface area (Å²) in [6, 6.07) is 15.1. The number of benzene rings is 2. The van der Waals surface area contributed by atoms with Gasteiger partial charge in [-0.25, -0.2) is 4.39 Å². The van der Waals surface area contributed by atoms with Crippen molar-refractivity contribution in [3.63, 3.8) is 0 Å². The van der Waals surface area contributed by atoms with Crippen LogP contribution in [0, 0.1) is 5.82 Å². The minimum atomic E-state index is -0.369. The summed E-state index contributed by atoms with van der Waals surface area (Å²) in [5, 5.41) is 0. The van der Waals surface area contributed by atoms with Gasteiger partial charge >= 0.3 is 0 Å². The van der Waals surface area contributed by atoms with Crippen molar-refractivity contribution < 1.29 is 9.18 Å². The van der Waals surface area contributed by atoms with Crippen LogP contribution in [0.3, 0.4) is 0 Å². The fourth-order valence-corrected chi connectivity index (χ4v) is 3.89. The quantitative estimate of drug-likeness (QED) is 0.933. The van der Waals surface area contributed by atoms with E-state index < -0.39 is 0 Å². The Kier molecular flexibility index (Phi) is 4.27. The molecule has 2 unspecified atom stereocenters. The van der Waals surface area contributed by atoms with Crippen LogP contribution in [0.4, 0.5) is 4.39 Å². The van der Waals surface area contributed by atoms with Gasteiger partial charge in [0.2, 0.25) is 5.91 Å². The zero-order chi connectivity index (χ0) is 17.4. The Hall–Kier alpha value is -2.24. The van der Waals surface area contributed by atoms with E-state index in [9.17, 15) is 9.18 Å². The van der Waals surface area contributed by atoms with Crippen LogP contribution in [0.25, 0.3) is 11.1 Å². The molecule has 1 amide bonds. The van der Waals surface area contributed by atoms with Crippen LogP contribution in [0.5, 0.6) is 0 Å². The number of carbonyl (C=O) groups excluding carboxylic acids is 1. The zero-order valence-corrected chi connectivity index (χ0v) is 14.1. The Balaban J connectivity index is 1.46. The molecule has 5 heteroatoms. The van der Waals surface area contributed by atoms with Crippen molar-refractivity contribution >= 4 is 5.91 Å². The summed E-state index contributed by atoms with van der Waals surface area (Å²) in [6.07, 6.45) is 0.699. The maximum atomic E-state index is 14.6. The Bertz CT molecular complexity index is 780. The molecule has 2 saturated heterocycles. The molecule has 0 aromatic heterocycles. The Morgan fingerprint density at radius 3 is 2.64 bits per heavy atom. The summed E-state index contributed by atoms with van der Waals surface area (Å²) in [6.45, 7) is 2.77. The molecule has 0 aliphatic carbocycles. The number of piperazine rings is 1. The predicted molar refractivity (Wildman–Crippen MR) is 95.2 cm³/mol. The van der Waals surface area contributed by atoms with Crippen molar-refractivity contribution in [2.45, 2.75) is 25.0 Å². The minimum Gasteiger partial charge on any atom is -0.336 e. The van der Waals surface area contributed by atoms with Gasteiger partial charge in [-0.15, -0.1) is 0 Å². The second-order valence-corrected chi connectivity index (χ2v) is 6.93. The largest absolute Gasteiger partial charge is 0.336 e. The van der Waals surface area contributed by atoms with Gasteiger partial charge < -0.3 is 10.6 Å². The molecule has 0 saturated carbocycles. The molecule has 2 fully saturated rings. The lowest BCUT2D eigenvalue weighted by Gasteiger charge is -2.37. The summed E-state index contributed by atoms with van der Waals surface area (Å²) >= 11 is 0. The van der Waals surface area contributed by atoms with Gasteiger partial charge in [0.25, 0.3) is 0 Å². The fraction of sp³-hybridized carbons (Fsp3) is 0.350. The van der Waals surface area contributed by atoms with Crippen LogP contribution >= 0.6 is 0 Å². The summed E-state index contributed by atoms with van der Waals surface area (Å²) in [4.78, 5) is 16.1. The molecule has 2 aromatic carbocycles. The lowest BCUT2D eigenvalue weighted by Crippen LogP contribution is -2.51. The summed E-state index contributed by atoms with van der Waals surface area (Å²) in [5.74, 6) is -0.119. The van der Waals surface area contributed by atoms with E-state index in [-0.39, 0.29) is 23.8 Å². The molecule has 2 aromatic rings. The molecule has 2 atom stereocenters. The molecule has 4 rings (SSSR count). The van der Waals surface area contributed by atoms with Gasteiger partial charge in [0.05, 0.1) is 6.04 Å². The number of nitrogens with two attached hydrogens (primary N) is 1. The average molecular weight is 339 g/mol. The van der Waals surface area contributed by atoms with Crippen molar-refractivity contribution in [1.82, 2.24) is 9.80 Å². The van der Waals surface area contributed by atoms with Crippen molar-refractivity contribution in [1.29, 1.82) is 0 Å². The number of nitrogens with zero attached hydrogens (tertiary/aromatic N) is 2.